The van der Waals surface area contributed by atoms with Gasteiger partial charge >= 0.3 is 6.18 Å². The number of amides is 1. The summed E-state index contributed by atoms with van der Waals surface area (Å²) >= 11 is 6.03. The van der Waals surface area contributed by atoms with Crippen molar-refractivity contribution >= 4 is 28.9 Å². The Labute approximate surface area is 260 Å². The Morgan fingerprint density at radius 2 is 1.95 bits per heavy atom. The van der Waals surface area contributed by atoms with Gasteiger partial charge in [0, 0.05) is 62.0 Å². The molecular weight excluding hydrogens is 593 g/mol. The molecule has 1 amide bonds. The topological polar surface area (TPSA) is 102 Å². The molecule has 234 valence electrons. The highest BCUT2D eigenvalue weighted by molar-refractivity contribution is 6.33. The zero-order valence-corrected chi connectivity index (χ0v) is 25.8. The number of hydrogen-bond acceptors (Lipinski definition) is 7. The van der Waals surface area contributed by atoms with Gasteiger partial charge in [-0.3, -0.25) is 19.4 Å². The van der Waals surface area contributed by atoms with E-state index < -0.39 is 23.3 Å². The van der Waals surface area contributed by atoms with Crippen molar-refractivity contribution in [1.82, 2.24) is 29.9 Å². The van der Waals surface area contributed by atoms with Crippen LogP contribution in [0.3, 0.4) is 0 Å². The fourth-order valence-corrected chi connectivity index (χ4v) is 5.78. The van der Waals surface area contributed by atoms with Crippen molar-refractivity contribution in [3.8, 4) is 6.07 Å². The molecule has 0 unspecified atom stereocenters. The van der Waals surface area contributed by atoms with Crippen LogP contribution in [0.15, 0.2) is 60.3 Å². The molecule has 2 fully saturated rings. The first-order valence-corrected chi connectivity index (χ1v) is 14.9. The molecule has 0 spiro atoms. The summed E-state index contributed by atoms with van der Waals surface area (Å²) in [5.74, 6) is 0.176. The van der Waals surface area contributed by atoms with Crippen LogP contribution in [-0.2, 0) is 11.7 Å². The van der Waals surface area contributed by atoms with Crippen molar-refractivity contribution in [1.29, 1.82) is 5.26 Å². The fourth-order valence-electron chi connectivity index (χ4n) is 5.60. The molecule has 3 aliphatic heterocycles. The number of carbonyl (C=O) groups is 1. The average molecular weight is 629 g/mol. The zero-order chi connectivity index (χ0) is 32.1. The van der Waals surface area contributed by atoms with E-state index in [-0.39, 0.29) is 16.6 Å². The van der Waals surface area contributed by atoms with Gasteiger partial charge in [0.1, 0.15) is 17.1 Å². The van der Waals surface area contributed by atoms with E-state index in [1.165, 1.54) is 11.3 Å². The molecule has 2 aromatic heterocycles. The number of piperidine rings is 1. The van der Waals surface area contributed by atoms with E-state index in [1.807, 2.05) is 23.9 Å². The highest BCUT2D eigenvalue weighted by Gasteiger charge is 2.48. The monoisotopic (exact) mass is 628 g/mol. The number of aliphatic imine (C=N–C) groups is 1. The molecule has 9 nitrogen and oxygen atoms in total. The summed E-state index contributed by atoms with van der Waals surface area (Å²) in [6.07, 6.45) is 8.03. The van der Waals surface area contributed by atoms with Gasteiger partial charge in [0.05, 0.1) is 29.3 Å². The number of likely N-dealkylation sites (tertiary alicyclic amines) is 2. The highest BCUT2D eigenvalue weighted by Crippen LogP contribution is 2.37. The van der Waals surface area contributed by atoms with Gasteiger partial charge < -0.3 is 10.2 Å². The van der Waals surface area contributed by atoms with Gasteiger partial charge in [-0.1, -0.05) is 38.4 Å². The molecule has 2 saturated heterocycles. The second-order valence-corrected chi connectivity index (χ2v) is 11.5. The van der Waals surface area contributed by atoms with Gasteiger partial charge in [0.2, 0.25) is 0 Å². The van der Waals surface area contributed by atoms with E-state index in [0.29, 0.717) is 57.3 Å². The lowest BCUT2D eigenvalue weighted by Crippen LogP contribution is -2.66. The van der Waals surface area contributed by atoms with Crippen LogP contribution in [0.4, 0.5) is 13.2 Å². The first kappa shape index (κ1) is 33.0. The van der Waals surface area contributed by atoms with E-state index in [1.54, 1.807) is 18.6 Å². The Bertz CT molecular complexity index is 1510. The second-order valence-electron chi connectivity index (χ2n) is 11.1. The number of pyridine rings is 1. The lowest BCUT2D eigenvalue weighted by molar-refractivity contribution is -0.141. The minimum absolute atomic E-state index is 0.108. The van der Waals surface area contributed by atoms with Crippen molar-refractivity contribution < 1.29 is 18.0 Å². The lowest BCUT2D eigenvalue weighted by atomic mass is 9.83. The number of alkyl halides is 3. The standard InChI is InChI=1S/C28H28ClF3N8O.C3H8/c1-3-34-25-21(4-9-35-25)18(2)19-13-37-40(15-19)27(7-8-33)16-39(17-27)20-5-10-38(11-6-20)26(41)22-12-24(28(30,31)32)36-14-23(22)29;1-3-2/h3-4,9,12-15,20H,1,5-7,10-11,16-17H2,2H3,(H,34,35);3H2,1-2H3/b21-18+;. The molecule has 2 aromatic rings. The number of nitrogens with one attached hydrogen (secondary N) is 1. The van der Waals surface area contributed by atoms with Crippen LogP contribution < -0.4 is 5.32 Å². The van der Waals surface area contributed by atoms with Crippen LogP contribution in [0.5, 0.6) is 0 Å². The number of nitrogens with zero attached hydrogens (tertiary/aromatic N) is 7. The molecule has 0 aromatic carbocycles. The quantitative estimate of drug-likeness (QED) is 0.419. The minimum Gasteiger partial charge on any atom is -0.347 e. The molecule has 0 bridgehead atoms. The van der Waals surface area contributed by atoms with Crippen LogP contribution in [0.25, 0.3) is 5.57 Å². The van der Waals surface area contributed by atoms with Crippen molar-refractivity contribution in [2.24, 2.45) is 4.99 Å². The molecule has 0 atom stereocenters. The smallest absolute Gasteiger partial charge is 0.347 e. The summed E-state index contributed by atoms with van der Waals surface area (Å²) in [4.78, 5) is 24.4. The van der Waals surface area contributed by atoms with Crippen molar-refractivity contribution in [2.75, 3.05) is 26.2 Å². The maximum atomic E-state index is 13.1. The number of allylic oxidation sites excluding steroid dienone is 1. The van der Waals surface area contributed by atoms with Crippen molar-refractivity contribution in [2.45, 2.75) is 64.2 Å². The second kappa shape index (κ2) is 13.8. The van der Waals surface area contributed by atoms with E-state index in [4.69, 9.17) is 11.6 Å². The van der Waals surface area contributed by atoms with Gasteiger partial charge in [-0.05, 0) is 43.7 Å². The molecule has 0 aliphatic carbocycles. The Morgan fingerprint density at radius 3 is 2.57 bits per heavy atom. The van der Waals surface area contributed by atoms with Crippen molar-refractivity contribution in [3.63, 3.8) is 0 Å². The predicted octanol–water partition coefficient (Wildman–Crippen LogP) is 6.03. The zero-order valence-electron chi connectivity index (χ0n) is 25.0. The first-order chi connectivity index (χ1) is 21.0. The van der Waals surface area contributed by atoms with Crippen LogP contribution in [0.1, 0.15) is 68.1 Å². The van der Waals surface area contributed by atoms with Crippen LogP contribution in [0.2, 0.25) is 5.02 Å². The van der Waals surface area contributed by atoms with Crippen molar-refractivity contribution in [3.05, 3.63) is 77.1 Å². The Morgan fingerprint density at radius 1 is 1.27 bits per heavy atom. The SMILES string of the molecule is C=CNC1=NC=C/C1=C(/C)c1cnn(C2(CC#N)CN(C3CCN(C(=O)c4cc(C(F)(F)F)ncc4Cl)CC3)C2)c1.CCC. The fraction of sp³-hybridized carbons (Fsp3) is 0.452. The number of halogens is 4. The summed E-state index contributed by atoms with van der Waals surface area (Å²) in [6, 6.07) is 3.20. The third-order valence-electron chi connectivity index (χ3n) is 7.89. The number of carbonyl (C=O) groups excluding carboxylic acids is 1. The maximum Gasteiger partial charge on any atom is 0.433 e. The lowest BCUT2D eigenvalue weighted by Gasteiger charge is -2.53. The molecule has 5 rings (SSSR count). The molecule has 44 heavy (non-hydrogen) atoms. The number of aromatic nitrogens is 3. The third kappa shape index (κ3) is 6.89. The molecular formula is C31H36ClF3N8O. The van der Waals surface area contributed by atoms with Gasteiger partial charge in [0.25, 0.3) is 5.91 Å². The normalized spacial score (nSPS) is 19.3. The van der Waals surface area contributed by atoms with E-state index >= 15 is 0 Å². The summed E-state index contributed by atoms with van der Waals surface area (Å²) in [7, 11) is 0. The summed E-state index contributed by atoms with van der Waals surface area (Å²) in [5.41, 5.74) is 1.05. The van der Waals surface area contributed by atoms with E-state index in [9.17, 15) is 23.2 Å². The largest absolute Gasteiger partial charge is 0.433 e. The number of nitriles is 1. The van der Waals surface area contributed by atoms with E-state index in [2.05, 4.69) is 51.8 Å². The van der Waals surface area contributed by atoms with Gasteiger partial charge in [-0.25, -0.2) is 4.99 Å². The van der Waals surface area contributed by atoms with Gasteiger partial charge in [-0.2, -0.15) is 23.5 Å². The number of rotatable bonds is 6. The van der Waals surface area contributed by atoms with Gasteiger partial charge in [-0.15, -0.1) is 0 Å². The molecule has 0 saturated carbocycles. The highest BCUT2D eigenvalue weighted by atomic mass is 35.5. The van der Waals surface area contributed by atoms with E-state index in [0.717, 1.165) is 22.9 Å². The maximum absolute atomic E-state index is 13.1. The Hall–Kier alpha value is -3.95. The average Bonchev–Trinajstić information content (AvgIpc) is 3.65. The third-order valence-corrected chi connectivity index (χ3v) is 8.19. The molecule has 5 heterocycles. The number of amidine groups is 1. The Balaban J connectivity index is 0.00000141. The minimum atomic E-state index is -4.67. The van der Waals surface area contributed by atoms with Crippen LogP contribution in [0, 0.1) is 11.3 Å². The first-order valence-electron chi connectivity index (χ1n) is 14.5. The summed E-state index contributed by atoms with van der Waals surface area (Å²) < 4.78 is 41.2. The summed E-state index contributed by atoms with van der Waals surface area (Å²) in [6.45, 7) is 12.0. The number of hydrogen-bond donors (Lipinski definition) is 1. The Kier molecular flexibility index (Phi) is 10.3. The van der Waals surface area contributed by atoms with Crippen LogP contribution in [-0.4, -0.2) is 68.5 Å². The summed E-state index contributed by atoms with van der Waals surface area (Å²) in [5, 5.41) is 17.2. The molecule has 1 N–H and O–H groups in total. The molecule has 3 aliphatic rings. The molecule has 13 heteroatoms. The van der Waals surface area contributed by atoms with Crippen LogP contribution >= 0.6 is 11.6 Å². The molecule has 0 radical (unpaired) electrons. The van der Waals surface area contributed by atoms with Gasteiger partial charge in [0.15, 0.2) is 0 Å². The predicted molar refractivity (Wildman–Crippen MR) is 164 cm³/mol.